The minimum Gasteiger partial charge on any atom is -0.465 e. The molecule has 2 aromatic rings. The third-order valence-corrected chi connectivity index (χ3v) is 2.82. The van der Waals surface area contributed by atoms with Crippen molar-refractivity contribution >= 4 is 5.97 Å². The lowest BCUT2D eigenvalue weighted by molar-refractivity contribution is -0.137. The Morgan fingerprint density at radius 3 is 2.48 bits per heavy atom. The highest BCUT2D eigenvalue weighted by atomic mass is 19.4. The van der Waals surface area contributed by atoms with Gasteiger partial charge in [0.05, 0.1) is 12.7 Å². The summed E-state index contributed by atoms with van der Waals surface area (Å²) in [5.74, 6) is -0.766. The van der Waals surface area contributed by atoms with E-state index in [4.69, 9.17) is 0 Å². The number of carbonyl (C=O) groups is 1. The number of esters is 1. The highest BCUT2D eigenvalue weighted by Crippen LogP contribution is 2.31. The molecule has 0 aliphatic heterocycles. The van der Waals surface area contributed by atoms with E-state index in [1.54, 1.807) is 0 Å². The molecule has 8 heteroatoms. The number of ether oxygens (including phenoxy) is 1. The Kier molecular flexibility index (Phi) is 3.99. The molecule has 1 unspecified atom stereocenters. The van der Waals surface area contributed by atoms with Crippen molar-refractivity contribution < 1.29 is 32.3 Å². The Bertz CT molecular complexity index is 634. The van der Waals surface area contributed by atoms with Crippen molar-refractivity contribution in [2.45, 2.75) is 12.3 Å². The first kappa shape index (κ1) is 15.0. The van der Waals surface area contributed by atoms with Gasteiger partial charge in [0, 0.05) is 0 Å². The van der Waals surface area contributed by atoms with Gasteiger partial charge < -0.3 is 14.4 Å². The van der Waals surface area contributed by atoms with Crippen molar-refractivity contribution in [3.8, 4) is 0 Å². The number of methoxy groups -OCH3 is 1. The fraction of sp³-hybridized carbons (Fsp3) is 0.231. The van der Waals surface area contributed by atoms with Crippen LogP contribution in [0.5, 0.6) is 0 Å². The lowest BCUT2D eigenvalue weighted by Crippen LogP contribution is -2.10. The molecule has 5 nitrogen and oxygen atoms in total. The van der Waals surface area contributed by atoms with Crippen LogP contribution < -0.4 is 0 Å². The summed E-state index contributed by atoms with van der Waals surface area (Å²) in [4.78, 5) is 11.4. The maximum absolute atomic E-state index is 12.5. The molecular formula is C13H10F3NO4. The largest absolute Gasteiger partial charge is 0.465 e. The van der Waals surface area contributed by atoms with E-state index >= 15 is 0 Å². The first-order valence-corrected chi connectivity index (χ1v) is 5.72. The number of rotatable bonds is 3. The molecule has 0 saturated heterocycles. The summed E-state index contributed by atoms with van der Waals surface area (Å²) in [5, 5.41) is 13.6. The third-order valence-electron chi connectivity index (χ3n) is 2.82. The van der Waals surface area contributed by atoms with Crippen LogP contribution in [0.2, 0.25) is 0 Å². The van der Waals surface area contributed by atoms with Gasteiger partial charge in [-0.2, -0.15) is 13.2 Å². The minimum atomic E-state index is -4.46. The van der Waals surface area contributed by atoms with Gasteiger partial charge in [-0.05, 0) is 17.7 Å². The molecule has 1 N–H and O–H groups in total. The Hall–Kier alpha value is -2.35. The molecule has 0 fully saturated rings. The van der Waals surface area contributed by atoms with Gasteiger partial charge in [-0.3, -0.25) is 0 Å². The molecular weight excluding hydrogens is 291 g/mol. The van der Waals surface area contributed by atoms with Gasteiger partial charge >= 0.3 is 12.1 Å². The second kappa shape index (κ2) is 5.57. The Balaban J connectivity index is 2.31. The van der Waals surface area contributed by atoms with Crippen molar-refractivity contribution in [3.63, 3.8) is 0 Å². The summed E-state index contributed by atoms with van der Waals surface area (Å²) in [7, 11) is 1.14. The van der Waals surface area contributed by atoms with E-state index in [1.165, 1.54) is 0 Å². The second-order valence-electron chi connectivity index (χ2n) is 4.13. The number of hydrogen-bond donors (Lipinski definition) is 1. The molecule has 1 atom stereocenters. The van der Waals surface area contributed by atoms with Crippen molar-refractivity contribution in [3.05, 3.63) is 52.9 Å². The summed E-state index contributed by atoms with van der Waals surface area (Å²) in [6, 6.07) is 3.86. The Labute approximate surface area is 116 Å². The van der Waals surface area contributed by atoms with Crippen LogP contribution in [0, 0.1) is 0 Å². The van der Waals surface area contributed by atoms with E-state index in [1.807, 2.05) is 0 Å². The highest BCUT2D eigenvalue weighted by molar-refractivity contribution is 5.90. The van der Waals surface area contributed by atoms with Crippen molar-refractivity contribution in [1.29, 1.82) is 0 Å². The SMILES string of the molecule is COC(=O)c1conc1C(O)c1ccc(C(F)(F)F)cc1. The topological polar surface area (TPSA) is 72.6 Å². The second-order valence-corrected chi connectivity index (χ2v) is 4.13. The van der Waals surface area contributed by atoms with Crippen LogP contribution in [0.1, 0.15) is 33.3 Å². The summed E-state index contributed by atoms with van der Waals surface area (Å²) in [5.41, 5.74) is -0.916. The summed E-state index contributed by atoms with van der Waals surface area (Å²) >= 11 is 0. The molecule has 0 aliphatic rings. The monoisotopic (exact) mass is 301 g/mol. The van der Waals surface area contributed by atoms with Crippen LogP contribution in [-0.4, -0.2) is 23.3 Å². The van der Waals surface area contributed by atoms with Gasteiger partial charge in [0.25, 0.3) is 0 Å². The molecule has 1 aromatic heterocycles. The number of alkyl halides is 3. The molecule has 2 rings (SSSR count). The molecule has 0 bridgehead atoms. The number of carbonyl (C=O) groups excluding carboxylic acids is 1. The summed E-state index contributed by atoms with van der Waals surface area (Å²) in [6.07, 6.45) is -4.87. The zero-order chi connectivity index (χ0) is 15.6. The van der Waals surface area contributed by atoms with Crippen LogP contribution in [0.4, 0.5) is 13.2 Å². The van der Waals surface area contributed by atoms with Gasteiger partial charge in [0.15, 0.2) is 0 Å². The molecule has 0 spiro atoms. The van der Waals surface area contributed by atoms with Crippen molar-refractivity contribution in [1.82, 2.24) is 5.16 Å². The van der Waals surface area contributed by atoms with Gasteiger partial charge in [-0.25, -0.2) is 4.79 Å². The van der Waals surface area contributed by atoms with Crippen LogP contribution in [0.25, 0.3) is 0 Å². The average molecular weight is 301 g/mol. The first-order chi connectivity index (χ1) is 9.84. The summed E-state index contributed by atoms with van der Waals surface area (Å²) < 4.78 is 46.5. The Morgan fingerprint density at radius 1 is 1.33 bits per heavy atom. The van der Waals surface area contributed by atoms with Gasteiger partial charge in [0.1, 0.15) is 23.6 Å². The molecule has 0 saturated carbocycles. The van der Waals surface area contributed by atoms with E-state index < -0.39 is 23.8 Å². The molecule has 1 heterocycles. The third kappa shape index (κ3) is 3.05. The fourth-order valence-electron chi connectivity index (χ4n) is 1.72. The van der Waals surface area contributed by atoms with Crippen LogP contribution in [-0.2, 0) is 10.9 Å². The van der Waals surface area contributed by atoms with Crippen LogP contribution in [0.3, 0.4) is 0 Å². The first-order valence-electron chi connectivity index (χ1n) is 5.72. The fourth-order valence-corrected chi connectivity index (χ4v) is 1.72. The van der Waals surface area contributed by atoms with E-state index in [0.717, 1.165) is 37.6 Å². The number of aromatic nitrogens is 1. The molecule has 0 radical (unpaired) electrons. The lowest BCUT2D eigenvalue weighted by Gasteiger charge is -2.11. The predicted molar refractivity (Wildman–Crippen MR) is 63.3 cm³/mol. The van der Waals surface area contributed by atoms with Gasteiger partial charge in [-0.15, -0.1) is 0 Å². The number of hydrogen-bond acceptors (Lipinski definition) is 5. The summed E-state index contributed by atoms with van der Waals surface area (Å²) in [6.45, 7) is 0. The van der Waals surface area contributed by atoms with E-state index in [0.29, 0.717) is 0 Å². The van der Waals surface area contributed by atoms with E-state index in [2.05, 4.69) is 14.4 Å². The number of halogens is 3. The van der Waals surface area contributed by atoms with Gasteiger partial charge in [-0.1, -0.05) is 17.3 Å². The zero-order valence-electron chi connectivity index (χ0n) is 10.7. The highest BCUT2D eigenvalue weighted by Gasteiger charge is 2.31. The normalized spacial score (nSPS) is 13.0. The molecule has 0 amide bonds. The van der Waals surface area contributed by atoms with Crippen LogP contribution >= 0.6 is 0 Å². The number of aliphatic hydroxyl groups is 1. The smallest absolute Gasteiger partial charge is 0.416 e. The van der Waals surface area contributed by atoms with Crippen LogP contribution in [0.15, 0.2) is 35.1 Å². The lowest BCUT2D eigenvalue weighted by atomic mass is 10.0. The van der Waals surface area contributed by atoms with E-state index in [-0.39, 0.29) is 16.8 Å². The zero-order valence-corrected chi connectivity index (χ0v) is 10.7. The van der Waals surface area contributed by atoms with Crippen molar-refractivity contribution in [2.75, 3.05) is 7.11 Å². The maximum Gasteiger partial charge on any atom is 0.416 e. The quantitative estimate of drug-likeness (QED) is 0.882. The van der Waals surface area contributed by atoms with E-state index in [9.17, 15) is 23.1 Å². The van der Waals surface area contributed by atoms with Crippen molar-refractivity contribution in [2.24, 2.45) is 0 Å². The standard InChI is InChI=1S/C13H10F3NO4/c1-20-12(19)9-6-21-17-10(9)11(18)7-2-4-8(5-3-7)13(14,15)16/h2-6,11,18H,1H3. The molecule has 21 heavy (non-hydrogen) atoms. The number of aliphatic hydroxyl groups excluding tert-OH is 1. The molecule has 112 valence electrons. The minimum absolute atomic E-state index is 0.0927. The number of nitrogens with zero attached hydrogens (tertiary/aromatic N) is 1. The van der Waals surface area contributed by atoms with Gasteiger partial charge in [0.2, 0.25) is 0 Å². The predicted octanol–water partition coefficient (Wildman–Crippen LogP) is 2.56. The molecule has 1 aromatic carbocycles. The maximum atomic E-state index is 12.5. The Morgan fingerprint density at radius 2 is 1.95 bits per heavy atom. The average Bonchev–Trinajstić information content (AvgIpc) is 2.94. The molecule has 0 aliphatic carbocycles. The number of benzene rings is 1.